The van der Waals surface area contributed by atoms with Gasteiger partial charge < -0.3 is 15.8 Å². The predicted octanol–water partition coefficient (Wildman–Crippen LogP) is -1.43. The fraction of sp³-hybridized carbons (Fsp3) is 0.500. The Bertz CT molecular complexity index is 179. The lowest BCUT2D eigenvalue weighted by Gasteiger charge is -2.09. The number of primary amides is 1. The largest absolute Gasteiger partial charge is 0.368 e. The Morgan fingerprint density at radius 3 is 2.45 bits per heavy atom. The zero-order chi connectivity index (χ0) is 8.85. The van der Waals surface area contributed by atoms with Crippen LogP contribution in [-0.4, -0.2) is 24.1 Å². The Kier molecular flexibility index (Phi) is 3.87. The predicted molar refractivity (Wildman–Crippen MR) is 37.5 cm³/mol. The average molecular weight is 158 g/mol. The first-order chi connectivity index (χ1) is 5.07. The Hall–Kier alpha value is -1.39. The molecule has 0 spiro atoms. The van der Waals surface area contributed by atoms with Crippen molar-refractivity contribution < 1.29 is 14.4 Å². The summed E-state index contributed by atoms with van der Waals surface area (Å²) in [5.41, 5.74) is 4.86. The Labute approximate surface area is 63.9 Å². The zero-order valence-corrected chi connectivity index (χ0v) is 6.16. The van der Waals surface area contributed by atoms with Crippen molar-refractivity contribution >= 4 is 18.1 Å². The van der Waals surface area contributed by atoms with Crippen LogP contribution in [-0.2, 0) is 14.4 Å². The first-order valence-corrected chi connectivity index (χ1v) is 3.08. The highest BCUT2D eigenvalue weighted by atomic mass is 16.2. The van der Waals surface area contributed by atoms with E-state index in [1.165, 1.54) is 6.92 Å². The number of nitrogens with one attached hydrogen (secondary N) is 1. The standard InChI is InChI=1S/C6H10N2O3/c1-4(10)8-5(2-3-9)6(7)11/h3,5H,2H2,1H3,(H2,7,11)(H,8,10)/t5-/m0/s1. The Morgan fingerprint density at radius 1 is 1.64 bits per heavy atom. The first kappa shape index (κ1) is 9.61. The van der Waals surface area contributed by atoms with Gasteiger partial charge in [0.25, 0.3) is 0 Å². The topological polar surface area (TPSA) is 89.3 Å². The molecule has 0 heterocycles. The number of nitrogens with two attached hydrogens (primary N) is 1. The summed E-state index contributed by atoms with van der Waals surface area (Å²) in [7, 11) is 0. The van der Waals surface area contributed by atoms with Gasteiger partial charge in [-0.3, -0.25) is 9.59 Å². The van der Waals surface area contributed by atoms with Crippen LogP contribution in [0.3, 0.4) is 0 Å². The third-order valence-electron chi connectivity index (χ3n) is 1.05. The molecular formula is C6H10N2O3. The molecule has 0 aliphatic rings. The summed E-state index contributed by atoms with van der Waals surface area (Å²) in [6.45, 7) is 1.25. The van der Waals surface area contributed by atoms with Crippen molar-refractivity contribution in [2.45, 2.75) is 19.4 Å². The Balaban J connectivity index is 3.99. The molecule has 0 aromatic rings. The highest BCUT2D eigenvalue weighted by Gasteiger charge is 2.14. The summed E-state index contributed by atoms with van der Waals surface area (Å²) in [5.74, 6) is -1.08. The van der Waals surface area contributed by atoms with Crippen molar-refractivity contribution in [3.63, 3.8) is 0 Å². The second-order valence-corrected chi connectivity index (χ2v) is 2.06. The van der Waals surface area contributed by atoms with Crippen molar-refractivity contribution in [1.82, 2.24) is 5.32 Å². The van der Waals surface area contributed by atoms with Crippen LogP contribution in [0.5, 0.6) is 0 Å². The fourth-order valence-corrected chi connectivity index (χ4v) is 0.588. The van der Waals surface area contributed by atoms with Gasteiger partial charge in [-0.2, -0.15) is 0 Å². The third kappa shape index (κ3) is 4.07. The normalized spacial score (nSPS) is 11.7. The smallest absolute Gasteiger partial charge is 0.240 e. The lowest BCUT2D eigenvalue weighted by molar-refractivity contribution is -0.127. The molecule has 0 rings (SSSR count). The minimum absolute atomic E-state index is 0.0745. The van der Waals surface area contributed by atoms with Gasteiger partial charge in [0.15, 0.2) is 0 Å². The molecular weight excluding hydrogens is 148 g/mol. The van der Waals surface area contributed by atoms with Crippen LogP contribution in [0.15, 0.2) is 0 Å². The number of rotatable bonds is 4. The summed E-state index contributed by atoms with van der Waals surface area (Å²) >= 11 is 0. The molecule has 3 N–H and O–H groups in total. The monoisotopic (exact) mass is 158 g/mol. The molecule has 0 aliphatic carbocycles. The summed E-state index contributed by atoms with van der Waals surface area (Å²) in [5, 5.41) is 2.24. The minimum atomic E-state index is -0.870. The second kappa shape index (κ2) is 4.43. The average Bonchev–Trinajstić information content (AvgIpc) is 1.86. The van der Waals surface area contributed by atoms with Gasteiger partial charge in [-0.15, -0.1) is 0 Å². The lowest BCUT2D eigenvalue weighted by Crippen LogP contribution is -2.43. The van der Waals surface area contributed by atoms with Crippen molar-refractivity contribution in [2.24, 2.45) is 5.73 Å². The van der Waals surface area contributed by atoms with Crippen LogP contribution < -0.4 is 11.1 Å². The molecule has 0 aromatic carbocycles. The van der Waals surface area contributed by atoms with Gasteiger partial charge in [-0.25, -0.2) is 0 Å². The van der Waals surface area contributed by atoms with Gasteiger partial charge >= 0.3 is 0 Å². The number of aldehydes is 1. The van der Waals surface area contributed by atoms with Gasteiger partial charge in [0.2, 0.25) is 11.8 Å². The van der Waals surface area contributed by atoms with E-state index in [0.29, 0.717) is 6.29 Å². The summed E-state index contributed by atoms with van der Waals surface area (Å²) in [6.07, 6.45) is 0.459. The van der Waals surface area contributed by atoms with E-state index in [4.69, 9.17) is 5.73 Å². The number of hydrogen-bond donors (Lipinski definition) is 2. The van der Waals surface area contributed by atoms with E-state index in [-0.39, 0.29) is 12.3 Å². The molecule has 0 saturated carbocycles. The van der Waals surface area contributed by atoms with E-state index >= 15 is 0 Å². The van der Waals surface area contributed by atoms with Gasteiger partial charge in [0, 0.05) is 13.3 Å². The number of hydrogen-bond acceptors (Lipinski definition) is 3. The van der Waals surface area contributed by atoms with E-state index in [0.717, 1.165) is 0 Å². The van der Waals surface area contributed by atoms with Crippen LogP contribution in [0.4, 0.5) is 0 Å². The molecule has 0 fully saturated rings. The fourth-order valence-electron chi connectivity index (χ4n) is 0.588. The van der Waals surface area contributed by atoms with Crippen LogP contribution in [0.2, 0.25) is 0 Å². The zero-order valence-electron chi connectivity index (χ0n) is 6.16. The maximum absolute atomic E-state index is 10.5. The van der Waals surface area contributed by atoms with E-state index in [2.05, 4.69) is 5.32 Å². The van der Waals surface area contributed by atoms with E-state index in [1.807, 2.05) is 0 Å². The minimum Gasteiger partial charge on any atom is -0.368 e. The van der Waals surface area contributed by atoms with Gasteiger partial charge in [-0.1, -0.05) is 0 Å². The second-order valence-electron chi connectivity index (χ2n) is 2.06. The summed E-state index contributed by atoms with van der Waals surface area (Å²) < 4.78 is 0. The molecule has 62 valence electrons. The first-order valence-electron chi connectivity index (χ1n) is 3.08. The number of amides is 2. The number of carbonyl (C=O) groups excluding carboxylic acids is 3. The van der Waals surface area contributed by atoms with Crippen molar-refractivity contribution in [1.29, 1.82) is 0 Å². The summed E-state index contributed by atoms with van der Waals surface area (Å²) in [6, 6.07) is -0.870. The molecule has 0 saturated heterocycles. The highest BCUT2D eigenvalue weighted by Crippen LogP contribution is 1.86. The quantitative estimate of drug-likeness (QED) is 0.491. The molecule has 0 unspecified atom stereocenters. The Morgan fingerprint density at radius 2 is 2.18 bits per heavy atom. The van der Waals surface area contributed by atoms with Crippen LogP contribution in [0, 0.1) is 0 Å². The maximum atomic E-state index is 10.5. The highest BCUT2D eigenvalue weighted by molar-refractivity contribution is 5.87. The van der Waals surface area contributed by atoms with E-state index in [9.17, 15) is 14.4 Å². The van der Waals surface area contributed by atoms with Crippen LogP contribution >= 0.6 is 0 Å². The molecule has 5 nitrogen and oxygen atoms in total. The van der Waals surface area contributed by atoms with Crippen LogP contribution in [0.25, 0.3) is 0 Å². The molecule has 1 atom stereocenters. The van der Waals surface area contributed by atoms with Crippen molar-refractivity contribution in [2.75, 3.05) is 0 Å². The van der Waals surface area contributed by atoms with Gasteiger partial charge in [0.05, 0.1) is 0 Å². The summed E-state index contributed by atoms with van der Waals surface area (Å²) in [4.78, 5) is 30.8. The molecule has 11 heavy (non-hydrogen) atoms. The van der Waals surface area contributed by atoms with Crippen molar-refractivity contribution in [3.8, 4) is 0 Å². The molecule has 0 aromatic heterocycles. The molecule has 5 heteroatoms. The lowest BCUT2D eigenvalue weighted by atomic mass is 10.2. The van der Waals surface area contributed by atoms with Gasteiger partial charge in [-0.05, 0) is 0 Å². The molecule has 0 aliphatic heterocycles. The van der Waals surface area contributed by atoms with Crippen molar-refractivity contribution in [3.05, 3.63) is 0 Å². The third-order valence-corrected chi connectivity index (χ3v) is 1.05. The van der Waals surface area contributed by atoms with Crippen LogP contribution in [0.1, 0.15) is 13.3 Å². The maximum Gasteiger partial charge on any atom is 0.240 e. The number of carbonyl (C=O) groups is 3. The molecule has 0 bridgehead atoms. The van der Waals surface area contributed by atoms with E-state index in [1.54, 1.807) is 0 Å². The molecule has 0 radical (unpaired) electrons. The van der Waals surface area contributed by atoms with Gasteiger partial charge in [0.1, 0.15) is 12.3 Å². The van der Waals surface area contributed by atoms with E-state index < -0.39 is 11.9 Å². The SMILES string of the molecule is CC(=O)N[C@@H](CC=O)C(N)=O. The molecule has 2 amide bonds.